The summed E-state index contributed by atoms with van der Waals surface area (Å²) in [4.78, 5) is 4.22. The highest BCUT2D eigenvalue weighted by molar-refractivity contribution is 7.89. The molecule has 0 aliphatic carbocycles. The molecule has 0 bridgehead atoms. The highest BCUT2D eigenvalue weighted by atomic mass is 35.5. The van der Waals surface area contributed by atoms with Gasteiger partial charge in [0, 0.05) is 35.1 Å². The number of aromatic nitrogens is 3. The van der Waals surface area contributed by atoms with Crippen molar-refractivity contribution < 1.29 is 8.42 Å². The fourth-order valence-corrected chi connectivity index (χ4v) is 4.11. The Bertz CT molecular complexity index is 1220. The molecule has 0 aliphatic rings. The zero-order chi connectivity index (χ0) is 20.3. The van der Waals surface area contributed by atoms with Crippen molar-refractivity contribution in [3.8, 4) is 22.4 Å². The second-order valence-corrected chi connectivity index (χ2v) is 8.58. The van der Waals surface area contributed by atoms with Crippen molar-refractivity contribution in [3.63, 3.8) is 0 Å². The molecule has 8 heteroatoms. The van der Waals surface area contributed by atoms with E-state index in [0.717, 1.165) is 27.9 Å². The van der Waals surface area contributed by atoms with Gasteiger partial charge in [-0.3, -0.25) is 10.1 Å². The number of pyridine rings is 1. The molecule has 0 unspecified atom stereocenters. The third kappa shape index (κ3) is 4.37. The van der Waals surface area contributed by atoms with Crippen LogP contribution in [0.1, 0.15) is 5.56 Å². The number of halogens is 1. The maximum atomic E-state index is 12.5. The molecule has 4 aromatic rings. The van der Waals surface area contributed by atoms with Gasteiger partial charge in [-0.1, -0.05) is 29.8 Å². The topological polar surface area (TPSA) is 87.7 Å². The van der Waals surface area contributed by atoms with Crippen LogP contribution in [0.2, 0.25) is 5.02 Å². The van der Waals surface area contributed by atoms with Crippen LogP contribution in [0.15, 0.2) is 84.1 Å². The number of benzene rings is 2. The Kier molecular flexibility index (Phi) is 5.44. The van der Waals surface area contributed by atoms with Crippen LogP contribution in [0.5, 0.6) is 0 Å². The van der Waals surface area contributed by atoms with Crippen LogP contribution < -0.4 is 4.72 Å². The van der Waals surface area contributed by atoms with Crippen LogP contribution in [-0.4, -0.2) is 23.6 Å². The summed E-state index contributed by atoms with van der Waals surface area (Å²) in [5, 5.41) is 7.69. The van der Waals surface area contributed by atoms with Crippen molar-refractivity contribution in [1.82, 2.24) is 19.9 Å². The van der Waals surface area contributed by atoms with E-state index in [9.17, 15) is 8.42 Å². The average Bonchev–Trinajstić information content (AvgIpc) is 3.24. The molecule has 0 amide bonds. The molecule has 0 aliphatic heterocycles. The first-order valence-corrected chi connectivity index (χ1v) is 10.7. The lowest BCUT2D eigenvalue weighted by molar-refractivity contribution is 0.581. The lowest BCUT2D eigenvalue weighted by atomic mass is 10.0. The molecule has 0 saturated heterocycles. The van der Waals surface area contributed by atoms with Gasteiger partial charge in [0.15, 0.2) is 0 Å². The number of nitrogens with one attached hydrogen (secondary N) is 2. The predicted octanol–water partition coefficient (Wildman–Crippen LogP) is 4.27. The van der Waals surface area contributed by atoms with Gasteiger partial charge >= 0.3 is 0 Å². The molecule has 2 heterocycles. The number of nitrogens with zero attached hydrogens (tertiary/aromatic N) is 2. The van der Waals surface area contributed by atoms with Gasteiger partial charge in [-0.2, -0.15) is 5.10 Å². The molecule has 2 N–H and O–H groups in total. The largest absolute Gasteiger partial charge is 0.277 e. The molecule has 2 aromatic heterocycles. The van der Waals surface area contributed by atoms with Gasteiger partial charge in [-0.05, 0) is 53.6 Å². The number of hydrogen-bond acceptors (Lipinski definition) is 4. The van der Waals surface area contributed by atoms with Crippen molar-refractivity contribution >= 4 is 21.6 Å². The van der Waals surface area contributed by atoms with Gasteiger partial charge in [0.2, 0.25) is 10.0 Å². The molecule has 0 radical (unpaired) electrons. The fourth-order valence-electron chi connectivity index (χ4n) is 2.97. The van der Waals surface area contributed by atoms with E-state index >= 15 is 0 Å². The summed E-state index contributed by atoms with van der Waals surface area (Å²) in [6.45, 7) is 0.164. The monoisotopic (exact) mass is 424 g/mol. The zero-order valence-electron chi connectivity index (χ0n) is 15.2. The summed E-state index contributed by atoms with van der Waals surface area (Å²) in [6.07, 6.45) is 5.22. The molecule has 0 saturated carbocycles. The summed E-state index contributed by atoms with van der Waals surface area (Å²) in [5.41, 5.74) is 4.55. The van der Waals surface area contributed by atoms with E-state index in [1.54, 1.807) is 30.7 Å². The zero-order valence-corrected chi connectivity index (χ0v) is 16.8. The molecule has 29 heavy (non-hydrogen) atoms. The summed E-state index contributed by atoms with van der Waals surface area (Å²) < 4.78 is 27.6. The summed E-state index contributed by atoms with van der Waals surface area (Å²) in [7, 11) is -3.63. The Morgan fingerprint density at radius 1 is 0.966 bits per heavy atom. The van der Waals surface area contributed by atoms with Gasteiger partial charge < -0.3 is 0 Å². The van der Waals surface area contributed by atoms with Gasteiger partial charge in [0.05, 0.1) is 16.8 Å². The van der Waals surface area contributed by atoms with Crippen molar-refractivity contribution in [2.24, 2.45) is 0 Å². The van der Waals surface area contributed by atoms with E-state index < -0.39 is 10.0 Å². The van der Waals surface area contributed by atoms with E-state index in [-0.39, 0.29) is 11.4 Å². The fraction of sp³-hybridized carbons (Fsp3) is 0.0476. The van der Waals surface area contributed by atoms with Crippen molar-refractivity contribution in [1.29, 1.82) is 0 Å². The number of sulfonamides is 1. The third-order valence-corrected chi connectivity index (χ3v) is 6.11. The molecular weight excluding hydrogens is 408 g/mol. The van der Waals surface area contributed by atoms with Crippen LogP contribution >= 0.6 is 11.6 Å². The molecule has 0 spiro atoms. The number of hydrogen-bond donors (Lipinski definition) is 2. The highest BCUT2D eigenvalue weighted by Crippen LogP contribution is 2.30. The normalized spacial score (nSPS) is 11.5. The summed E-state index contributed by atoms with van der Waals surface area (Å²) in [5.74, 6) is 0. The first-order chi connectivity index (χ1) is 14.0. The van der Waals surface area contributed by atoms with E-state index in [1.807, 2.05) is 36.4 Å². The third-order valence-electron chi connectivity index (χ3n) is 4.44. The quantitative estimate of drug-likeness (QED) is 0.483. The minimum Gasteiger partial charge on any atom is -0.277 e. The first-order valence-electron chi connectivity index (χ1n) is 8.81. The van der Waals surface area contributed by atoms with Crippen LogP contribution in [0, 0.1) is 0 Å². The molecule has 146 valence electrons. The van der Waals surface area contributed by atoms with Crippen molar-refractivity contribution in [3.05, 3.63) is 89.8 Å². The highest BCUT2D eigenvalue weighted by Gasteiger charge is 2.14. The van der Waals surface area contributed by atoms with E-state index in [2.05, 4.69) is 19.9 Å². The van der Waals surface area contributed by atoms with Crippen LogP contribution in [-0.2, 0) is 16.6 Å². The molecule has 2 aromatic carbocycles. The van der Waals surface area contributed by atoms with Crippen LogP contribution in [0.25, 0.3) is 22.4 Å². The van der Waals surface area contributed by atoms with E-state index in [1.165, 1.54) is 12.1 Å². The van der Waals surface area contributed by atoms with Gasteiger partial charge in [0.25, 0.3) is 0 Å². The minimum absolute atomic E-state index is 0.164. The van der Waals surface area contributed by atoms with Crippen LogP contribution in [0.3, 0.4) is 0 Å². The molecule has 0 atom stereocenters. The molecule has 6 nitrogen and oxygen atoms in total. The Morgan fingerprint density at radius 2 is 1.72 bits per heavy atom. The number of rotatable bonds is 6. The molecular formula is C21H17ClN4O2S. The van der Waals surface area contributed by atoms with Crippen molar-refractivity contribution in [2.75, 3.05) is 0 Å². The second-order valence-electron chi connectivity index (χ2n) is 6.37. The molecule has 4 rings (SSSR count). The minimum atomic E-state index is -3.63. The Hall–Kier alpha value is -3.00. The van der Waals surface area contributed by atoms with Gasteiger partial charge in [-0.15, -0.1) is 0 Å². The van der Waals surface area contributed by atoms with E-state index in [0.29, 0.717) is 5.02 Å². The Balaban J connectivity index is 1.56. The van der Waals surface area contributed by atoms with Crippen molar-refractivity contribution in [2.45, 2.75) is 11.4 Å². The summed E-state index contributed by atoms with van der Waals surface area (Å²) >= 11 is 5.83. The first kappa shape index (κ1) is 19.3. The average molecular weight is 425 g/mol. The maximum absolute atomic E-state index is 12.5. The second kappa shape index (κ2) is 8.16. The molecule has 0 fully saturated rings. The Labute approximate surface area is 173 Å². The van der Waals surface area contributed by atoms with Gasteiger partial charge in [0.1, 0.15) is 0 Å². The van der Waals surface area contributed by atoms with E-state index in [4.69, 9.17) is 11.6 Å². The number of H-pyrrole nitrogens is 1. The SMILES string of the molecule is O=S(=O)(NCc1cccc(-c2[nH]ncc2-c2ccncc2)c1)c1ccc(Cl)cc1. The maximum Gasteiger partial charge on any atom is 0.240 e. The lowest BCUT2D eigenvalue weighted by Crippen LogP contribution is -2.23. The smallest absolute Gasteiger partial charge is 0.240 e. The Morgan fingerprint density at radius 3 is 2.48 bits per heavy atom. The summed E-state index contributed by atoms with van der Waals surface area (Å²) in [6, 6.07) is 17.5. The predicted molar refractivity (Wildman–Crippen MR) is 113 cm³/mol. The standard InChI is InChI=1S/C21H17ClN4O2S/c22-18-4-6-19(7-5-18)29(27,28)25-13-15-2-1-3-17(12-15)21-20(14-24-26-21)16-8-10-23-11-9-16/h1-12,14,25H,13H2,(H,24,26). The van der Waals surface area contributed by atoms with Gasteiger partial charge in [-0.25, -0.2) is 13.1 Å². The van der Waals surface area contributed by atoms with Crippen LogP contribution in [0.4, 0.5) is 0 Å². The number of aromatic amines is 1. The lowest BCUT2D eigenvalue weighted by Gasteiger charge is -2.09.